The van der Waals surface area contributed by atoms with Crippen LogP contribution in [0.4, 0.5) is 0 Å². The summed E-state index contributed by atoms with van der Waals surface area (Å²) < 4.78 is 11.7. The molecule has 1 saturated heterocycles. The normalized spacial score (nSPS) is 14.8. The number of piperidine rings is 1. The monoisotopic (exact) mass is 468 g/mol. The Labute approximate surface area is 207 Å². The molecule has 0 atom stereocenters. The summed E-state index contributed by atoms with van der Waals surface area (Å²) in [6, 6.07) is 20.5. The van der Waals surface area contributed by atoms with Crippen molar-refractivity contribution in [1.82, 2.24) is 20.0 Å². The molecule has 0 bridgehead atoms. The van der Waals surface area contributed by atoms with Gasteiger partial charge in [-0.1, -0.05) is 35.5 Å². The molecule has 0 radical (unpaired) electrons. The summed E-state index contributed by atoms with van der Waals surface area (Å²) in [7, 11) is 0. The fourth-order valence-electron chi connectivity index (χ4n) is 4.52. The number of likely N-dealkylation sites (tertiary alicyclic amines) is 1. The Hall–Kier alpha value is -3.51. The second-order valence-corrected chi connectivity index (χ2v) is 9.56. The lowest BCUT2D eigenvalue weighted by atomic mass is 9.97. The maximum Gasteiger partial charge on any atom is 0.258 e. The van der Waals surface area contributed by atoms with E-state index in [-0.39, 0.29) is 0 Å². The number of aromatic nitrogens is 3. The van der Waals surface area contributed by atoms with Crippen LogP contribution in [0.15, 0.2) is 65.2 Å². The van der Waals surface area contributed by atoms with Crippen molar-refractivity contribution in [3.05, 3.63) is 83.0 Å². The zero-order valence-electron chi connectivity index (χ0n) is 20.7. The van der Waals surface area contributed by atoms with Crippen LogP contribution in [-0.2, 0) is 6.54 Å². The molecule has 1 fully saturated rings. The second kappa shape index (κ2) is 10.4. The predicted molar refractivity (Wildman–Crippen MR) is 137 cm³/mol. The molecule has 6 nitrogen and oxygen atoms in total. The molecule has 2 aromatic carbocycles. The molecule has 0 N–H and O–H groups in total. The van der Waals surface area contributed by atoms with Gasteiger partial charge in [-0.3, -0.25) is 4.90 Å². The summed E-state index contributed by atoms with van der Waals surface area (Å²) in [6.07, 6.45) is 2.31. The average molecular weight is 469 g/mol. The molecular weight excluding hydrogens is 436 g/mol. The van der Waals surface area contributed by atoms with Crippen LogP contribution in [0.2, 0.25) is 0 Å². The predicted octanol–water partition coefficient (Wildman–Crippen LogP) is 6.01. The average Bonchev–Trinajstić information content (AvgIpc) is 3.37. The summed E-state index contributed by atoms with van der Waals surface area (Å²) in [5.74, 6) is 2.35. The maximum atomic E-state index is 6.18. The zero-order valence-corrected chi connectivity index (χ0v) is 20.7. The summed E-state index contributed by atoms with van der Waals surface area (Å²) >= 11 is 0. The first-order valence-corrected chi connectivity index (χ1v) is 12.3. The maximum absolute atomic E-state index is 6.18. The van der Waals surface area contributed by atoms with Crippen LogP contribution in [0, 0.1) is 26.7 Å². The van der Waals surface area contributed by atoms with Gasteiger partial charge in [0.1, 0.15) is 11.4 Å². The topological polar surface area (TPSA) is 64.3 Å². The molecule has 35 heavy (non-hydrogen) atoms. The molecule has 1 aliphatic rings. The zero-order chi connectivity index (χ0) is 24.2. The molecule has 0 saturated carbocycles. The van der Waals surface area contributed by atoms with Crippen LogP contribution >= 0.6 is 0 Å². The Morgan fingerprint density at radius 1 is 0.914 bits per heavy atom. The number of hydrogen-bond donors (Lipinski definition) is 0. The molecule has 180 valence electrons. The highest BCUT2D eigenvalue weighted by atomic mass is 16.5. The molecular formula is C29H32N4O2. The molecule has 0 aliphatic carbocycles. The van der Waals surface area contributed by atoms with Crippen molar-refractivity contribution in [2.45, 2.75) is 40.2 Å². The molecule has 6 heteroatoms. The molecule has 3 heterocycles. The Morgan fingerprint density at radius 2 is 1.74 bits per heavy atom. The highest BCUT2D eigenvalue weighted by Gasteiger charge is 2.20. The number of benzene rings is 2. The van der Waals surface area contributed by atoms with Crippen LogP contribution in [0.25, 0.3) is 23.0 Å². The van der Waals surface area contributed by atoms with Gasteiger partial charge in [-0.05, 0) is 99.6 Å². The molecule has 4 aromatic rings. The second-order valence-electron chi connectivity index (χ2n) is 9.56. The smallest absolute Gasteiger partial charge is 0.258 e. The van der Waals surface area contributed by atoms with E-state index in [2.05, 4.69) is 52.1 Å². The van der Waals surface area contributed by atoms with Crippen LogP contribution in [0.3, 0.4) is 0 Å². The van der Waals surface area contributed by atoms with Gasteiger partial charge >= 0.3 is 0 Å². The van der Waals surface area contributed by atoms with Crippen molar-refractivity contribution in [3.8, 4) is 28.7 Å². The number of aryl methyl sites for hydroxylation is 3. The van der Waals surface area contributed by atoms with E-state index in [0.717, 1.165) is 56.1 Å². The van der Waals surface area contributed by atoms with E-state index in [0.29, 0.717) is 23.3 Å². The fourth-order valence-corrected chi connectivity index (χ4v) is 4.52. The number of pyridine rings is 1. The lowest BCUT2D eigenvalue weighted by molar-refractivity contribution is 0.136. The van der Waals surface area contributed by atoms with Crippen molar-refractivity contribution in [3.63, 3.8) is 0 Å². The third-order valence-corrected chi connectivity index (χ3v) is 6.79. The first kappa shape index (κ1) is 23.2. The van der Waals surface area contributed by atoms with Gasteiger partial charge in [0.05, 0.1) is 6.61 Å². The quantitative estimate of drug-likeness (QED) is 0.331. The highest BCUT2D eigenvalue weighted by molar-refractivity contribution is 5.59. The minimum atomic E-state index is 0.466. The van der Waals surface area contributed by atoms with Gasteiger partial charge in [-0.2, -0.15) is 4.98 Å². The van der Waals surface area contributed by atoms with Crippen molar-refractivity contribution < 1.29 is 9.26 Å². The van der Waals surface area contributed by atoms with E-state index in [1.165, 1.54) is 16.7 Å². The number of nitrogens with zero attached hydrogens (tertiary/aromatic N) is 4. The van der Waals surface area contributed by atoms with Crippen LogP contribution in [0.1, 0.15) is 35.2 Å². The van der Waals surface area contributed by atoms with Gasteiger partial charge in [-0.25, -0.2) is 4.98 Å². The number of rotatable bonds is 7. The van der Waals surface area contributed by atoms with E-state index in [1.807, 2.05) is 49.4 Å². The number of ether oxygens (including phenoxy) is 1. The third-order valence-electron chi connectivity index (χ3n) is 6.79. The summed E-state index contributed by atoms with van der Waals surface area (Å²) in [5.41, 5.74) is 6.60. The molecule has 0 unspecified atom stereocenters. The first-order valence-electron chi connectivity index (χ1n) is 12.3. The summed E-state index contributed by atoms with van der Waals surface area (Å²) in [4.78, 5) is 11.6. The Morgan fingerprint density at radius 3 is 2.54 bits per heavy atom. The van der Waals surface area contributed by atoms with Gasteiger partial charge in [-0.15, -0.1) is 0 Å². The van der Waals surface area contributed by atoms with Crippen LogP contribution in [0.5, 0.6) is 5.75 Å². The lowest BCUT2D eigenvalue weighted by Gasteiger charge is -2.32. The van der Waals surface area contributed by atoms with Crippen LogP contribution in [-0.4, -0.2) is 39.7 Å². The van der Waals surface area contributed by atoms with E-state index in [4.69, 9.17) is 9.26 Å². The summed E-state index contributed by atoms with van der Waals surface area (Å²) in [5, 5.41) is 4.10. The van der Waals surface area contributed by atoms with Gasteiger partial charge in [0, 0.05) is 17.8 Å². The number of hydrogen-bond acceptors (Lipinski definition) is 6. The van der Waals surface area contributed by atoms with Crippen molar-refractivity contribution >= 4 is 0 Å². The minimum Gasteiger partial charge on any atom is -0.493 e. The molecule has 1 aliphatic heterocycles. The van der Waals surface area contributed by atoms with Gasteiger partial charge in [0.25, 0.3) is 5.89 Å². The molecule has 2 aromatic heterocycles. The van der Waals surface area contributed by atoms with E-state index in [1.54, 1.807) is 0 Å². The van der Waals surface area contributed by atoms with E-state index < -0.39 is 0 Å². The Balaban J connectivity index is 1.14. The van der Waals surface area contributed by atoms with E-state index >= 15 is 0 Å². The Kier molecular flexibility index (Phi) is 6.91. The highest BCUT2D eigenvalue weighted by Crippen LogP contribution is 2.26. The SMILES string of the molecule is Cc1cccc(-c2noc(-c3cccc(OCC4CCN(Cc5ccc(C)c(C)c5)CC4)c3)n2)n1. The standard InChI is InChI=1S/C29H32N4O2/c1-20-10-11-24(16-21(20)2)18-33-14-12-23(13-15-33)19-34-26-8-5-7-25(17-26)29-31-28(32-35-29)27-9-4-6-22(3)30-27/h4-11,16-17,23H,12-15,18-19H2,1-3H3. The third kappa shape index (κ3) is 5.77. The minimum absolute atomic E-state index is 0.466. The molecule has 0 spiro atoms. The first-order chi connectivity index (χ1) is 17.0. The largest absolute Gasteiger partial charge is 0.493 e. The summed E-state index contributed by atoms with van der Waals surface area (Å²) in [6.45, 7) is 10.3. The van der Waals surface area contributed by atoms with Gasteiger partial charge in [0.15, 0.2) is 0 Å². The fraction of sp³-hybridized carbons (Fsp3) is 0.345. The van der Waals surface area contributed by atoms with Crippen molar-refractivity contribution in [2.75, 3.05) is 19.7 Å². The lowest BCUT2D eigenvalue weighted by Crippen LogP contribution is -2.35. The molecule has 5 rings (SSSR count). The Bertz CT molecular complexity index is 1290. The van der Waals surface area contributed by atoms with E-state index in [9.17, 15) is 0 Å². The van der Waals surface area contributed by atoms with Crippen molar-refractivity contribution in [1.29, 1.82) is 0 Å². The van der Waals surface area contributed by atoms with Crippen molar-refractivity contribution in [2.24, 2.45) is 5.92 Å². The van der Waals surface area contributed by atoms with Crippen LogP contribution < -0.4 is 4.74 Å². The van der Waals surface area contributed by atoms with Gasteiger partial charge < -0.3 is 9.26 Å². The van der Waals surface area contributed by atoms with Gasteiger partial charge in [0.2, 0.25) is 5.82 Å². The molecule has 0 amide bonds.